The van der Waals surface area contributed by atoms with Gasteiger partial charge in [0.05, 0.1) is 17.7 Å². The Morgan fingerprint density at radius 2 is 2.05 bits per heavy atom. The molecule has 4 nitrogen and oxygen atoms in total. The normalized spacial score (nSPS) is 18.2. The predicted octanol–water partition coefficient (Wildman–Crippen LogP) is 3.61. The second-order valence-electron chi connectivity index (χ2n) is 5.37. The highest BCUT2D eigenvalue weighted by molar-refractivity contribution is 6.01. The van der Waals surface area contributed by atoms with E-state index in [0.717, 1.165) is 35.8 Å². The summed E-state index contributed by atoms with van der Waals surface area (Å²) in [6, 6.07) is 16.0. The lowest BCUT2D eigenvalue weighted by Crippen LogP contribution is -2.42. The fraction of sp³-hybridized carbons (Fsp3) is 0.294. The van der Waals surface area contributed by atoms with Crippen LogP contribution in [0.5, 0.6) is 0 Å². The summed E-state index contributed by atoms with van der Waals surface area (Å²) >= 11 is 0. The second-order valence-corrected chi connectivity index (χ2v) is 5.37. The van der Waals surface area contributed by atoms with Gasteiger partial charge in [-0.15, -0.1) is 0 Å². The highest BCUT2D eigenvalue weighted by Crippen LogP contribution is 2.24. The zero-order valence-corrected chi connectivity index (χ0v) is 11.7. The number of likely N-dealkylation sites (tertiary alicyclic amines) is 1. The zero-order valence-electron chi connectivity index (χ0n) is 11.7. The summed E-state index contributed by atoms with van der Waals surface area (Å²) < 4.78 is 0. The number of urea groups is 1. The molecule has 21 heavy (non-hydrogen) atoms. The van der Waals surface area contributed by atoms with Crippen LogP contribution in [-0.2, 0) is 0 Å². The molecule has 1 aliphatic heterocycles. The minimum atomic E-state index is -0.119. The van der Waals surface area contributed by atoms with Crippen molar-refractivity contribution in [1.82, 2.24) is 4.90 Å². The minimum absolute atomic E-state index is 0.0444. The van der Waals surface area contributed by atoms with E-state index in [2.05, 4.69) is 11.4 Å². The summed E-state index contributed by atoms with van der Waals surface area (Å²) in [5, 5.41) is 14.1. The van der Waals surface area contributed by atoms with Gasteiger partial charge in [0.1, 0.15) is 0 Å². The summed E-state index contributed by atoms with van der Waals surface area (Å²) in [6.07, 6.45) is 1.77. The van der Waals surface area contributed by atoms with Crippen LogP contribution in [0.25, 0.3) is 10.8 Å². The molecule has 2 aromatic rings. The number of nitrogens with zero attached hydrogens (tertiary/aromatic N) is 2. The molecule has 0 spiro atoms. The van der Waals surface area contributed by atoms with Gasteiger partial charge in [-0.2, -0.15) is 5.26 Å². The standard InChI is InChI=1S/C17H17N3O/c18-11-13-5-4-10-20(12-13)17(21)19-16-9-3-7-14-6-1-2-8-15(14)16/h1-3,6-9,13H,4-5,10,12H2,(H,19,21). The van der Waals surface area contributed by atoms with Gasteiger partial charge in [-0.05, 0) is 24.3 Å². The molecule has 3 rings (SSSR count). The van der Waals surface area contributed by atoms with E-state index < -0.39 is 0 Å². The molecule has 1 N–H and O–H groups in total. The van der Waals surface area contributed by atoms with Crippen LogP contribution >= 0.6 is 0 Å². The smallest absolute Gasteiger partial charge is 0.321 e. The third-order valence-corrected chi connectivity index (χ3v) is 3.92. The van der Waals surface area contributed by atoms with Crippen LogP contribution in [-0.4, -0.2) is 24.0 Å². The van der Waals surface area contributed by atoms with Crippen molar-refractivity contribution in [2.45, 2.75) is 12.8 Å². The molecule has 1 heterocycles. The van der Waals surface area contributed by atoms with Crippen molar-refractivity contribution in [2.75, 3.05) is 18.4 Å². The maximum absolute atomic E-state index is 12.4. The second kappa shape index (κ2) is 5.84. The number of anilines is 1. The third-order valence-electron chi connectivity index (χ3n) is 3.92. The Kier molecular flexibility index (Phi) is 3.74. The van der Waals surface area contributed by atoms with Gasteiger partial charge in [-0.3, -0.25) is 0 Å². The number of piperidine rings is 1. The van der Waals surface area contributed by atoms with Crippen LogP contribution in [0, 0.1) is 17.2 Å². The van der Waals surface area contributed by atoms with E-state index in [1.165, 1.54) is 0 Å². The van der Waals surface area contributed by atoms with Crippen molar-refractivity contribution in [3.8, 4) is 6.07 Å². The number of carbonyl (C=O) groups excluding carboxylic acids is 1. The molecule has 106 valence electrons. The molecule has 2 aromatic carbocycles. The summed E-state index contributed by atoms with van der Waals surface area (Å²) in [5.74, 6) is -0.0444. The number of benzene rings is 2. The quantitative estimate of drug-likeness (QED) is 0.867. The van der Waals surface area contributed by atoms with Gasteiger partial charge in [0.15, 0.2) is 0 Å². The Hall–Kier alpha value is -2.54. The van der Waals surface area contributed by atoms with Crippen LogP contribution < -0.4 is 5.32 Å². The van der Waals surface area contributed by atoms with Gasteiger partial charge in [-0.1, -0.05) is 36.4 Å². The molecule has 4 heteroatoms. The van der Waals surface area contributed by atoms with Crippen LogP contribution in [0.2, 0.25) is 0 Å². The molecule has 1 fully saturated rings. The number of hydrogen-bond donors (Lipinski definition) is 1. The Morgan fingerprint density at radius 1 is 1.24 bits per heavy atom. The van der Waals surface area contributed by atoms with E-state index >= 15 is 0 Å². The van der Waals surface area contributed by atoms with Crippen LogP contribution in [0.1, 0.15) is 12.8 Å². The highest BCUT2D eigenvalue weighted by atomic mass is 16.2. The number of carbonyl (C=O) groups is 1. The van der Waals surface area contributed by atoms with E-state index in [1.807, 2.05) is 42.5 Å². The van der Waals surface area contributed by atoms with E-state index in [1.54, 1.807) is 4.90 Å². The topological polar surface area (TPSA) is 56.1 Å². The van der Waals surface area contributed by atoms with E-state index in [-0.39, 0.29) is 11.9 Å². The third kappa shape index (κ3) is 2.82. The lowest BCUT2D eigenvalue weighted by molar-refractivity contribution is 0.189. The molecule has 0 bridgehead atoms. The van der Waals surface area contributed by atoms with E-state index in [0.29, 0.717) is 6.54 Å². The van der Waals surface area contributed by atoms with Gasteiger partial charge in [0, 0.05) is 18.5 Å². The maximum Gasteiger partial charge on any atom is 0.321 e. The Morgan fingerprint density at radius 3 is 2.90 bits per heavy atom. The van der Waals surface area contributed by atoms with E-state index in [4.69, 9.17) is 5.26 Å². The average Bonchev–Trinajstić information content (AvgIpc) is 2.55. The first-order valence-electron chi connectivity index (χ1n) is 7.21. The molecule has 1 atom stereocenters. The van der Waals surface area contributed by atoms with Gasteiger partial charge in [-0.25, -0.2) is 4.79 Å². The Balaban J connectivity index is 1.79. The van der Waals surface area contributed by atoms with Crippen molar-refractivity contribution >= 4 is 22.5 Å². The summed E-state index contributed by atoms with van der Waals surface area (Å²) in [5.41, 5.74) is 0.817. The minimum Gasteiger partial charge on any atom is -0.323 e. The van der Waals surface area contributed by atoms with Gasteiger partial charge in [0.25, 0.3) is 0 Å². The molecule has 1 unspecified atom stereocenters. The van der Waals surface area contributed by atoms with Gasteiger partial charge in [0.2, 0.25) is 0 Å². The zero-order chi connectivity index (χ0) is 14.7. The Bertz CT molecular complexity index is 699. The van der Waals surface area contributed by atoms with Crippen LogP contribution in [0.15, 0.2) is 42.5 Å². The van der Waals surface area contributed by atoms with Crippen molar-refractivity contribution in [2.24, 2.45) is 5.92 Å². The summed E-state index contributed by atoms with van der Waals surface area (Å²) in [7, 11) is 0. The predicted molar refractivity (Wildman–Crippen MR) is 82.9 cm³/mol. The molecule has 0 radical (unpaired) electrons. The molecule has 0 aliphatic carbocycles. The maximum atomic E-state index is 12.4. The molecule has 2 amide bonds. The number of nitrogens with one attached hydrogen (secondary N) is 1. The van der Waals surface area contributed by atoms with E-state index in [9.17, 15) is 4.79 Å². The lowest BCUT2D eigenvalue weighted by atomic mass is 10.0. The summed E-state index contributed by atoms with van der Waals surface area (Å²) in [4.78, 5) is 14.1. The number of rotatable bonds is 1. The molecular formula is C17H17N3O. The molecule has 1 saturated heterocycles. The highest BCUT2D eigenvalue weighted by Gasteiger charge is 2.23. The van der Waals surface area contributed by atoms with Crippen molar-refractivity contribution in [3.63, 3.8) is 0 Å². The molecule has 0 aromatic heterocycles. The van der Waals surface area contributed by atoms with Gasteiger partial charge >= 0.3 is 6.03 Å². The molecule has 0 saturated carbocycles. The fourth-order valence-electron chi connectivity index (χ4n) is 2.80. The summed E-state index contributed by atoms with van der Waals surface area (Å²) in [6.45, 7) is 1.24. The number of amides is 2. The first-order valence-corrected chi connectivity index (χ1v) is 7.21. The number of nitriles is 1. The Labute approximate surface area is 124 Å². The lowest BCUT2D eigenvalue weighted by Gasteiger charge is -2.29. The monoisotopic (exact) mass is 279 g/mol. The molecule has 1 aliphatic rings. The van der Waals surface area contributed by atoms with Crippen molar-refractivity contribution < 1.29 is 4.79 Å². The number of fused-ring (bicyclic) bond motifs is 1. The van der Waals surface area contributed by atoms with Crippen LogP contribution in [0.3, 0.4) is 0 Å². The SMILES string of the molecule is N#CC1CCCN(C(=O)Nc2cccc3ccccc23)C1. The number of hydrogen-bond acceptors (Lipinski definition) is 2. The first-order chi connectivity index (χ1) is 10.3. The van der Waals surface area contributed by atoms with Crippen molar-refractivity contribution in [1.29, 1.82) is 5.26 Å². The van der Waals surface area contributed by atoms with Crippen LogP contribution in [0.4, 0.5) is 10.5 Å². The fourth-order valence-corrected chi connectivity index (χ4v) is 2.80. The largest absolute Gasteiger partial charge is 0.323 e. The average molecular weight is 279 g/mol. The first kappa shape index (κ1) is 13.4. The van der Waals surface area contributed by atoms with Crippen molar-refractivity contribution in [3.05, 3.63) is 42.5 Å². The molecular weight excluding hydrogens is 262 g/mol. The van der Waals surface area contributed by atoms with Gasteiger partial charge < -0.3 is 10.2 Å².